The van der Waals surface area contributed by atoms with Crippen molar-refractivity contribution in [2.24, 2.45) is 0 Å². The Hall–Kier alpha value is -3.69. The minimum Gasteiger partial charge on any atom is -0.496 e. The topological polar surface area (TPSA) is 93.7 Å². The maximum absolute atomic E-state index is 11.4. The summed E-state index contributed by atoms with van der Waals surface area (Å²) in [5, 5.41) is 4.22. The van der Waals surface area contributed by atoms with Crippen LogP contribution in [0.15, 0.2) is 73.1 Å². The number of hydrogen-bond donors (Lipinski definition) is 1. The summed E-state index contributed by atoms with van der Waals surface area (Å²) in [5.41, 5.74) is 3.80. The molecule has 9 heteroatoms. The number of ether oxygens (including phenoxy) is 2. The molecule has 4 aromatic rings. The van der Waals surface area contributed by atoms with Gasteiger partial charge in [-0.25, -0.2) is 18.4 Å². The van der Waals surface area contributed by atoms with Crippen LogP contribution in [0.5, 0.6) is 11.5 Å². The second-order valence-electron chi connectivity index (χ2n) is 9.01. The van der Waals surface area contributed by atoms with Crippen LogP contribution >= 0.6 is 0 Å². The minimum absolute atomic E-state index is 0.140. The second kappa shape index (κ2) is 12.0. The average Bonchev–Trinajstić information content (AvgIpc) is 2.90. The highest BCUT2D eigenvalue weighted by Crippen LogP contribution is 2.30. The van der Waals surface area contributed by atoms with Gasteiger partial charge in [-0.1, -0.05) is 30.3 Å². The van der Waals surface area contributed by atoms with E-state index in [1.807, 2.05) is 78.7 Å². The molecule has 0 spiro atoms. The van der Waals surface area contributed by atoms with E-state index in [4.69, 9.17) is 9.47 Å². The van der Waals surface area contributed by atoms with Crippen LogP contribution in [0.2, 0.25) is 0 Å². The maximum atomic E-state index is 11.4. The lowest BCUT2D eigenvalue weighted by molar-refractivity contribution is 0.306. The lowest BCUT2D eigenvalue weighted by atomic mass is 10.1. The zero-order chi connectivity index (χ0) is 26.3. The van der Waals surface area contributed by atoms with Gasteiger partial charge in [-0.3, -0.25) is 0 Å². The van der Waals surface area contributed by atoms with Gasteiger partial charge in [0.25, 0.3) is 0 Å². The van der Waals surface area contributed by atoms with Crippen molar-refractivity contribution in [1.29, 1.82) is 0 Å². The highest BCUT2D eigenvalue weighted by atomic mass is 32.2. The molecule has 0 unspecified atom stereocenters. The van der Waals surface area contributed by atoms with Crippen LogP contribution in [-0.4, -0.2) is 62.5 Å². The van der Waals surface area contributed by atoms with E-state index in [0.29, 0.717) is 31.9 Å². The number of rotatable bonds is 12. The van der Waals surface area contributed by atoms with E-state index < -0.39 is 9.84 Å². The first-order chi connectivity index (χ1) is 17.8. The van der Waals surface area contributed by atoms with Crippen molar-refractivity contribution in [2.45, 2.75) is 13.0 Å². The molecule has 194 valence electrons. The summed E-state index contributed by atoms with van der Waals surface area (Å²) in [6.07, 6.45) is 3.50. The first kappa shape index (κ1) is 26.4. The summed E-state index contributed by atoms with van der Waals surface area (Å²) >= 11 is 0. The number of benzene rings is 3. The predicted octanol–water partition coefficient (Wildman–Crippen LogP) is 4.48. The van der Waals surface area contributed by atoms with Crippen LogP contribution in [0.1, 0.15) is 11.1 Å². The summed E-state index contributed by atoms with van der Waals surface area (Å²) in [6, 6.07) is 21.7. The highest BCUT2D eigenvalue weighted by molar-refractivity contribution is 7.90. The Kier molecular flexibility index (Phi) is 8.58. The summed E-state index contributed by atoms with van der Waals surface area (Å²) < 4.78 is 34.4. The molecule has 0 saturated carbocycles. The van der Waals surface area contributed by atoms with Crippen molar-refractivity contribution in [3.8, 4) is 11.5 Å². The van der Waals surface area contributed by atoms with E-state index in [0.717, 1.165) is 39.2 Å². The Morgan fingerprint density at radius 3 is 2.43 bits per heavy atom. The van der Waals surface area contributed by atoms with Gasteiger partial charge in [0.1, 0.15) is 40.1 Å². The molecule has 3 aromatic carbocycles. The van der Waals surface area contributed by atoms with Crippen molar-refractivity contribution >= 4 is 32.2 Å². The first-order valence-corrected chi connectivity index (χ1v) is 14.1. The molecule has 0 saturated heterocycles. The molecule has 0 radical (unpaired) electrons. The number of sulfone groups is 1. The molecule has 4 rings (SSSR count). The van der Waals surface area contributed by atoms with Crippen LogP contribution in [0.3, 0.4) is 0 Å². The standard InChI is InChI=1S/C28H32N4O4S/c1-32(15-16-37(3,33)34)14-13-22-17-26-25(18-27(22)35-2)28(30-20-29-26)31-23-9-11-24(12-10-23)36-19-21-7-5-4-6-8-21/h4-12,17-18,20H,13-16,19H2,1-3H3,(H,29,30,31). The second-order valence-corrected chi connectivity index (χ2v) is 11.3. The lowest BCUT2D eigenvalue weighted by Gasteiger charge is -2.18. The molecule has 1 aromatic heterocycles. The molecule has 0 atom stereocenters. The Bertz CT molecular complexity index is 1430. The number of hydrogen-bond acceptors (Lipinski definition) is 8. The molecule has 0 aliphatic rings. The molecular formula is C28H32N4O4S. The molecular weight excluding hydrogens is 488 g/mol. The molecule has 1 heterocycles. The Morgan fingerprint density at radius 1 is 0.973 bits per heavy atom. The third kappa shape index (κ3) is 7.65. The van der Waals surface area contributed by atoms with E-state index in [9.17, 15) is 8.42 Å². The number of anilines is 2. The van der Waals surface area contributed by atoms with Gasteiger partial charge in [0, 0.05) is 30.4 Å². The van der Waals surface area contributed by atoms with E-state index in [1.54, 1.807) is 7.11 Å². The lowest BCUT2D eigenvalue weighted by Crippen LogP contribution is -2.27. The highest BCUT2D eigenvalue weighted by Gasteiger charge is 2.13. The monoisotopic (exact) mass is 520 g/mol. The first-order valence-electron chi connectivity index (χ1n) is 12.0. The fourth-order valence-corrected chi connectivity index (χ4v) is 4.51. The Labute approximate surface area is 218 Å². The van der Waals surface area contributed by atoms with E-state index in [2.05, 4.69) is 15.3 Å². The normalized spacial score (nSPS) is 11.6. The number of nitrogens with zero attached hydrogens (tertiary/aromatic N) is 3. The maximum Gasteiger partial charge on any atom is 0.148 e. The van der Waals surface area contributed by atoms with E-state index in [-0.39, 0.29) is 5.75 Å². The third-order valence-corrected chi connectivity index (χ3v) is 6.93. The van der Waals surface area contributed by atoms with Gasteiger partial charge in [-0.05, 0) is 61.0 Å². The zero-order valence-electron chi connectivity index (χ0n) is 21.3. The van der Waals surface area contributed by atoms with E-state index >= 15 is 0 Å². The number of fused-ring (bicyclic) bond motifs is 1. The minimum atomic E-state index is -2.99. The van der Waals surface area contributed by atoms with Gasteiger partial charge >= 0.3 is 0 Å². The van der Waals surface area contributed by atoms with Crippen molar-refractivity contribution in [2.75, 3.05) is 44.6 Å². The Morgan fingerprint density at radius 2 is 1.73 bits per heavy atom. The van der Waals surface area contributed by atoms with Crippen LogP contribution in [0.25, 0.3) is 10.9 Å². The van der Waals surface area contributed by atoms with Gasteiger partial charge in [0.2, 0.25) is 0 Å². The van der Waals surface area contributed by atoms with Crippen LogP contribution in [0, 0.1) is 0 Å². The zero-order valence-corrected chi connectivity index (χ0v) is 22.2. The van der Waals surface area contributed by atoms with Gasteiger partial charge in [-0.2, -0.15) is 0 Å². The molecule has 1 N–H and O–H groups in total. The van der Waals surface area contributed by atoms with Gasteiger partial charge < -0.3 is 19.7 Å². The Balaban J connectivity index is 1.44. The predicted molar refractivity (Wildman–Crippen MR) is 148 cm³/mol. The quantitative estimate of drug-likeness (QED) is 0.292. The smallest absolute Gasteiger partial charge is 0.148 e. The number of aromatic nitrogens is 2. The van der Waals surface area contributed by atoms with Crippen molar-refractivity contribution < 1.29 is 17.9 Å². The van der Waals surface area contributed by atoms with Gasteiger partial charge in [-0.15, -0.1) is 0 Å². The third-order valence-electron chi connectivity index (χ3n) is 6.01. The average molecular weight is 521 g/mol. The molecule has 37 heavy (non-hydrogen) atoms. The number of likely N-dealkylation sites (N-methyl/N-ethyl adjacent to an activating group) is 1. The summed E-state index contributed by atoms with van der Waals surface area (Å²) in [5.74, 6) is 2.35. The van der Waals surface area contributed by atoms with Crippen LogP contribution in [0.4, 0.5) is 11.5 Å². The fourth-order valence-electron chi connectivity index (χ4n) is 3.87. The molecule has 0 fully saturated rings. The SMILES string of the molecule is COc1cc2c(Nc3ccc(OCc4ccccc4)cc3)ncnc2cc1CCN(C)CCS(C)(=O)=O. The largest absolute Gasteiger partial charge is 0.496 e. The van der Waals surface area contributed by atoms with E-state index in [1.165, 1.54) is 12.6 Å². The van der Waals surface area contributed by atoms with Crippen molar-refractivity contribution in [3.05, 3.63) is 84.2 Å². The molecule has 0 bridgehead atoms. The van der Waals surface area contributed by atoms with Crippen molar-refractivity contribution in [1.82, 2.24) is 14.9 Å². The van der Waals surface area contributed by atoms with Gasteiger partial charge in [0.05, 0.1) is 18.4 Å². The van der Waals surface area contributed by atoms with Gasteiger partial charge in [0.15, 0.2) is 0 Å². The van der Waals surface area contributed by atoms with Crippen molar-refractivity contribution in [3.63, 3.8) is 0 Å². The number of nitrogens with one attached hydrogen (secondary N) is 1. The van der Waals surface area contributed by atoms with Crippen LogP contribution in [-0.2, 0) is 22.9 Å². The summed E-state index contributed by atoms with van der Waals surface area (Å²) in [4.78, 5) is 10.9. The summed E-state index contributed by atoms with van der Waals surface area (Å²) in [6.45, 7) is 1.70. The molecule has 0 aliphatic carbocycles. The fraction of sp³-hybridized carbons (Fsp3) is 0.286. The summed E-state index contributed by atoms with van der Waals surface area (Å²) in [7, 11) is 0.571. The molecule has 8 nitrogen and oxygen atoms in total. The number of methoxy groups -OCH3 is 1. The van der Waals surface area contributed by atoms with Crippen LogP contribution < -0.4 is 14.8 Å². The molecule has 0 amide bonds. The molecule has 0 aliphatic heterocycles.